The Bertz CT molecular complexity index is 259. The lowest BCUT2D eigenvalue weighted by Gasteiger charge is -2.08. The van der Waals surface area contributed by atoms with Gasteiger partial charge in [-0.2, -0.15) is 0 Å². The molecule has 1 unspecified atom stereocenters. The summed E-state index contributed by atoms with van der Waals surface area (Å²) in [7, 11) is 0. The SMILES string of the molecule is NNC1NCc2ccccc21. The van der Waals surface area contributed by atoms with Crippen LogP contribution in [-0.4, -0.2) is 0 Å². The molecule has 1 aromatic carbocycles. The Hall–Kier alpha value is -0.900. The Morgan fingerprint density at radius 3 is 3.09 bits per heavy atom. The van der Waals surface area contributed by atoms with Crippen LogP contribution in [0.4, 0.5) is 0 Å². The van der Waals surface area contributed by atoms with Crippen LogP contribution in [0, 0.1) is 0 Å². The minimum absolute atomic E-state index is 0.131. The van der Waals surface area contributed by atoms with Crippen LogP contribution in [0.3, 0.4) is 0 Å². The number of fused-ring (bicyclic) bond motifs is 1. The second kappa shape index (κ2) is 2.62. The Kier molecular flexibility index (Phi) is 1.62. The van der Waals surface area contributed by atoms with Crippen LogP contribution in [-0.2, 0) is 6.54 Å². The average Bonchev–Trinajstić information content (AvgIpc) is 2.47. The van der Waals surface area contributed by atoms with Gasteiger partial charge in [-0.3, -0.25) is 11.2 Å². The van der Waals surface area contributed by atoms with Gasteiger partial charge in [-0.05, 0) is 11.1 Å². The van der Waals surface area contributed by atoms with E-state index in [1.165, 1.54) is 11.1 Å². The van der Waals surface area contributed by atoms with Gasteiger partial charge < -0.3 is 0 Å². The number of hydrogen-bond acceptors (Lipinski definition) is 3. The summed E-state index contributed by atoms with van der Waals surface area (Å²) < 4.78 is 0. The predicted octanol–water partition coefficient (Wildman–Crippen LogP) is 0.252. The summed E-state index contributed by atoms with van der Waals surface area (Å²) in [6, 6.07) is 8.26. The first-order valence-corrected chi connectivity index (χ1v) is 3.69. The van der Waals surface area contributed by atoms with E-state index >= 15 is 0 Å². The van der Waals surface area contributed by atoms with Gasteiger partial charge in [0.15, 0.2) is 0 Å². The Labute approximate surface area is 65.6 Å². The van der Waals surface area contributed by atoms with E-state index in [-0.39, 0.29) is 6.17 Å². The number of nitrogens with two attached hydrogens (primary N) is 1. The summed E-state index contributed by atoms with van der Waals surface area (Å²) in [4.78, 5) is 0. The molecule has 1 aromatic rings. The van der Waals surface area contributed by atoms with Crippen LogP contribution in [0.2, 0.25) is 0 Å². The van der Waals surface area contributed by atoms with Gasteiger partial charge in [0.2, 0.25) is 0 Å². The molecule has 0 saturated carbocycles. The van der Waals surface area contributed by atoms with Crippen LogP contribution in [0.1, 0.15) is 17.3 Å². The van der Waals surface area contributed by atoms with E-state index in [2.05, 4.69) is 22.9 Å². The van der Waals surface area contributed by atoms with E-state index in [0.29, 0.717) is 0 Å². The van der Waals surface area contributed by atoms with Crippen molar-refractivity contribution in [3.05, 3.63) is 35.4 Å². The molecule has 3 nitrogen and oxygen atoms in total. The summed E-state index contributed by atoms with van der Waals surface area (Å²) in [6.45, 7) is 0.908. The van der Waals surface area contributed by atoms with E-state index in [1.54, 1.807) is 0 Å². The molecule has 4 N–H and O–H groups in total. The fourth-order valence-corrected chi connectivity index (χ4v) is 1.45. The largest absolute Gasteiger partial charge is 0.293 e. The zero-order valence-corrected chi connectivity index (χ0v) is 6.17. The standard InChI is InChI=1S/C8H11N3/c9-11-8-7-4-2-1-3-6(7)5-10-8/h1-4,8,10-11H,5,9H2. The summed E-state index contributed by atoms with van der Waals surface area (Å²) >= 11 is 0. The summed E-state index contributed by atoms with van der Waals surface area (Å²) in [5.74, 6) is 5.34. The number of rotatable bonds is 1. The summed E-state index contributed by atoms with van der Waals surface area (Å²) in [5, 5.41) is 3.24. The molecule has 1 aliphatic heterocycles. The van der Waals surface area contributed by atoms with Gasteiger partial charge in [-0.1, -0.05) is 24.3 Å². The minimum Gasteiger partial charge on any atom is -0.293 e. The minimum atomic E-state index is 0.131. The van der Waals surface area contributed by atoms with Crippen LogP contribution in [0.15, 0.2) is 24.3 Å². The van der Waals surface area contributed by atoms with Gasteiger partial charge in [0.25, 0.3) is 0 Å². The fourth-order valence-electron chi connectivity index (χ4n) is 1.45. The second-order valence-electron chi connectivity index (χ2n) is 2.68. The van der Waals surface area contributed by atoms with E-state index in [0.717, 1.165) is 6.54 Å². The van der Waals surface area contributed by atoms with Crippen molar-refractivity contribution in [1.82, 2.24) is 10.7 Å². The first-order valence-electron chi connectivity index (χ1n) is 3.69. The third kappa shape index (κ3) is 1.03. The molecule has 2 rings (SSSR count). The van der Waals surface area contributed by atoms with Crippen molar-refractivity contribution in [2.24, 2.45) is 5.84 Å². The third-order valence-electron chi connectivity index (χ3n) is 2.03. The molecule has 0 fully saturated rings. The highest BCUT2D eigenvalue weighted by molar-refractivity contribution is 5.32. The lowest BCUT2D eigenvalue weighted by atomic mass is 10.1. The quantitative estimate of drug-likeness (QED) is 0.396. The number of nitrogens with one attached hydrogen (secondary N) is 2. The van der Waals surface area contributed by atoms with Crippen LogP contribution >= 0.6 is 0 Å². The van der Waals surface area contributed by atoms with Crippen molar-refractivity contribution in [2.75, 3.05) is 0 Å². The lowest BCUT2D eigenvalue weighted by Crippen LogP contribution is -2.34. The van der Waals surface area contributed by atoms with Crippen molar-refractivity contribution in [2.45, 2.75) is 12.7 Å². The molecular weight excluding hydrogens is 138 g/mol. The summed E-state index contributed by atoms with van der Waals surface area (Å²) in [6.07, 6.45) is 0.131. The number of hydrazine groups is 1. The zero-order valence-electron chi connectivity index (χ0n) is 6.17. The van der Waals surface area contributed by atoms with Crippen LogP contribution < -0.4 is 16.6 Å². The molecule has 1 aliphatic rings. The molecule has 58 valence electrons. The van der Waals surface area contributed by atoms with Gasteiger partial charge >= 0.3 is 0 Å². The molecule has 0 aliphatic carbocycles. The molecular formula is C8H11N3. The monoisotopic (exact) mass is 149 g/mol. The topological polar surface area (TPSA) is 50.1 Å². The molecule has 0 amide bonds. The molecule has 0 radical (unpaired) electrons. The lowest BCUT2D eigenvalue weighted by molar-refractivity contribution is 0.485. The van der Waals surface area contributed by atoms with Crippen molar-refractivity contribution in [1.29, 1.82) is 0 Å². The van der Waals surface area contributed by atoms with E-state index < -0.39 is 0 Å². The van der Waals surface area contributed by atoms with Crippen molar-refractivity contribution >= 4 is 0 Å². The highest BCUT2D eigenvalue weighted by atomic mass is 15.3. The van der Waals surface area contributed by atoms with Gasteiger partial charge in [-0.15, -0.1) is 0 Å². The first kappa shape index (κ1) is 6.79. The molecule has 0 spiro atoms. The molecule has 11 heavy (non-hydrogen) atoms. The van der Waals surface area contributed by atoms with Gasteiger partial charge in [-0.25, -0.2) is 5.43 Å². The number of benzene rings is 1. The second-order valence-corrected chi connectivity index (χ2v) is 2.68. The van der Waals surface area contributed by atoms with Crippen molar-refractivity contribution in [3.8, 4) is 0 Å². The van der Waals surface area contributed by atoms with Gasteiger partial charge in [0, 0.05) is 6.54 Å². The van der Waals surface area contributed by atoms with Crippen LogP contribution in [0.5, 0.6) is 0 Å². The maximum atomic E-state index is 5.34. The Balaban J connectivity index is 2.39. The van der Waals surface area contributed by atoms with Crippen LogP contribution in [0.25, 0.3) is 0 Å². The smallest absolute Gasteiger partial charge is 0.0966 e. The maximum absolute atomic E-state index is 5.34. The zero-order chi connectivity index (χ0) is 7.68. The highest BCUT2D eigenvalue weighted by Gasteiger charge is 2.18. The van der Waals surface area contributed by atoms with Gasteiger partial charge in [0.05, 0.1) is 6.17 Å². The highest BCUT2D eigenvalue weighted by Crippen LogP contribution is 2.21. The first-order chi connectivity index (χ1) is 5.42. The average molecular weight is 149 g/mol. The van der Waals surface area contributed by atoms with Gasteiger partial charge in [0.1, 0.15) is 0 Å². The fraction of sp³-hybridized carbons (Fsp3) is 0.250. The maximum Gasteiger partial charge on any atom is 0.0966 e. The number of hydrogen-bond donors (Lipinski definition) is 3. The molecule has 1 atom stereocenters. The predicted molar refractivity (Wildman–Crippen MR) is 43.3 cm³/mol. The van der Waals surface area contributed by atoms with E-state index in [4.69, 9.17) is 5.84 Å². The molecule has 0 saturated heterocycles. The molecule has 0 bridgehead atoms. The van der Waals surface area contributed by atoms with Crippen molar-refractivity contribution in [3.63, 3.8) is 0 Å². The summed E-state index contributed by atoms with van der Waals surface area (Å²) in [5.41, 5.74) is 5.30. The van der Waals surface area contributed by atoms with E-state index in [1.807, 2.05) is 12.1 Å². The molecule has 3 heteroatoms. The third-order valence-corrected chi connectivity index (χ3v) is 2.03. The van der Waals surface area contributed by atoms with Crippen molar-refractivity contribution < 1.29 is 0 Å². The normalized spacial score (nSPS) is 21.7. The molecule has 0 aromatic heterocycles. The molecule has 1 heterocycles. The Morgan fingerprint density at radius 1 is 1.45 bits per heavy atom. The Morgan fingerprint density at radius 2 is 2.27 bits per heavy atom. The van der Waals surface area contributed by atoms with E-state index in [9.17, 15) is 0 Å².